The Bertz CT molecular complexity index is 362. The van der Waals surface area contributed by atoms with Crippen LogP contribution >= 0.6 is 0 Å². The maximum absolute atomic E-state index is 14.4. The quantitative estimate of drug-likeness (QED) is 0.811. The van der Waals surface area contributed by atoms with Gasteiger partial charge in [0.15, 0.2) is 5.67 Å². The lowest BCUT2D eigenvalue weighted by atomic mass is 9.94. The molecule has 1 unspecified atom stereocenters. The fourth-order valence-corrected chi connectivity index (χ4v) is 1.93. The van der Waals surface area contributed by atoms with Gasteiger partial charge in [-0.15, -0.1) is 0 Å². The summed E-state index contributed by atoms with van der Waals surface area (Å²) in [6.45, 7) is 0.895. The van der Waals surface area contributed by atoms with Crippen LogP contribution in [-0.2, 0) is 5.67 Å². The lowest BCUT2D eigenvalue weighted by Gasteiger charge is -2.21. The van der Waals surface area contributed by atoms with Crippen LogP contribution in [0, 0.1) is 5.82 Å². The highest BCUT2D eigenvalue weighted by Gasteiger charge is 2.37. The molecule has 1 aliphatic rings. The smallest absolute Gasteiger partial charge is 0.153 e. The van der Waals surface area contributed by atoms with Gasteiger partial charge >= 0.3 is 0 Å². The van der Waals surface area contributed by atoms with Crippen LogP contribution in [0.25, 0.3) is 0 Å². The summed E-state index contributed by atoms with van der Waals surface area (Å²) in [5.74, 6) is -0.133. The van der Waals surface area contributed by atoms with Crippen molar-refractivity contribution in [3.63, 3.8) is 0 Å². The van der Waals surface area contributed by atoms with E-state index in [0.717, 1.165) is 0 Å². The number of halogens is 2. The van der Waals surface area contributed by atoms with Gasteiger partial charge in [-0.05, 0) is 25.1 Å². The van der Waals surface area contributed by atoms with Gasteiger partial charge in [0.2, 0.25) is 0 Å². The predicted octanol–water partition coefficient (Wildman–Crippen LogP) is 1.99. The first-order valence-electron chi connectivity index (χ1n) is 4.89. The highest BCUT2D eigenvalue weighted by molar-refractivity contribution is 5.39. The second-order valence-corrected chi connectivity index (χ2v) is 3.74. The third kappa shape index (κ3) is 1.81. The largest absolute Gasteiger partial charge is 0.496 e. The summed E-state index contributed by atoms with van der Waals surface area (Å²) in [5.41, 5.74) is -1.00. The SMILES string of the molecule is COc1cc(F)ccc1C1(F)CCNC1. The van der Waals surface area contributed by atoms with Crippen molar-refractivity contribution in [2.45, 2.75) is 12.1 Å². The molecule has 1 aromatic carbocycles. The topological polar surface area (TPSA) is 21.3 Å². The van der Waals surface area contributed by atoms with Crippen molar-refractivity contribution in [2.75, 3.05) is 20.2 Å². The molecular formula is C11H13F2NO. The highest BCUT2D eigenvalue weighted by Crippen LogP contribution is 2.38. The van der Waals surface area contributed by atoms with E-state index in [1.807, 2.05) is 0 Å². The Kier molecular flexibility index (Phi) is 2.61. The number of nitrogens with one attached hydrogen (secondary N) is 1. The number of benzene rings is 1. The zero-order chi connectivity index (χ0) is 10.9. The van der Waals surface area contributed by atoms with Crippen molar-refractivity contribution in [3.05, 3.63) is 29.6 Å². The summed E-state index contributed by atoms with van der Waals surface area (Å²) in [6, 6.07) is 3.94. The molecule has 82 valence electrons. The lowest BCUT2D eigenvalue weighted by molar-refractivity contribution is 0.186. The molecule has 1 heterocycles. The third-order valence-electron chi connectivity index (χ3n) is 2.75. The Morgan fingerprint density at radius 1 is 1.47 bits per heavy atom. The van der Waals surface area contributed by atoms with E-state index in [9.17, 15) is 8.78 Å². The first-order chi connectivity index (χ1) is 7.15. The van der Waals surface area contributed by atoms with E-state index < -0.39 is 11.5 Å². The van der Waals surface area contributed by atoms with Crippen LogP contribution in [0.4, 0.5) is 8.78 Å². The minimum atomic E-state index is -1.43. The molecule has 1 atom stereocenters. The molecule has 0 saturated carbocycles. The van der Waals surface area contributed by atoms with Gasteiger partial charge in [0.05, 0.1) is 7.11 Å². The fraction of sp³-hybridized carbons (Fsp3) is 0.455. The van der Waals surface area contributed by atoms with Crippen LogP contribution in [0.3, 0.4) is 0 Å². The molecule has 2 nitrogen and oxygen atoms in total. The highest BCUT2D eigenvalue weighted by atomic mass is 19.1. The van der Waals surface area contributed by atoms with Crippen LogP contribution < -0.4 is 10.1 Å². The normalized spacial score (nSPS) is 25.5. The molecule has 2 rings (SSSR count). The molecular weight excluding hydrogens is 200 g/mol. The van der Waals surface area contributed by atoms with Gasteiger partial charge in [0, 0.05) is 18.2 Å². The molecule has 15 heavy (non-hydrogen) atoms. The number of alkyl halides is 1. The summed E-state index contributed by atoms with van der Waals surface area (Å²) in [7, 11) is 1.42. The maximum atomic E-state index is 14.4. The first kappa shape index (κ1) is 10.4. The summed E-state index contributed by atoms with van der Waals surface area (Å²) < 4.78 is 32.3. The Labute approximate surface area is 87.2 Å². The van der Waals surface area contributed by atoms with Crippen LogP contribution in [0.2, 0.25) is 0 Å². The summed E-state index contributed by atoms with van der Waals surface area (Å²) >= 11 is 0. The van der Waals surface area contributed by atoms with E-state index in [1.165, 1.54) is 25.3 Å². The lowest BCUT2D eigenvalue weighted by Crippen LogP contribution is -2.24. The predicted molar refractivity (Wildman–Crippen MR) is 53.2 cm³/mol. The van der Waals surface area contributed by atoms with E-state index in [4.69, 9.17) is 4.74 Å². The number of rotatable bonds is 2. The van der Waals surface area contributed by atoms with Gasteiger partial charge in [-0.2, -0.15) is 0 Å². The molecule has 0 bridgehead atoms. The number of ether oxygens (including phenoxy) is 1. The Hall–Kier alpha value is -1.16. The zero-order valence-electron chi connectivity index (χ0n) is 8.52. The van der Waals surface area contributed by atoms with Gasteiger partial charge in [-0.3, -0.25) is 0 Å². The van der Waals surface area contributed by atoms with E-state index in [0.29, 0.717) is 18.5 Å². The van der Waals surface area contributed by atoms with Crippen molar-refractivity contribution in [1.29, 1.82) is 0 Å². The van der Waals surface area contributed by atoms with Gasteiger partial charge in [0.25, 0.3) is 0 Å². The molecule has 0 amide bonds. The number of methoxy groups -OCH3 is 1. The van der Waals surface area contributed by atoms with Gasteiger partial charge < -0.3 is 10.1 Å². The van der Waals surface area contributed by atoms with Gasteiger partial charge in [0.1, 0.15) is 11.6 Å². The van der Waals surface area contributed by atoms with E-state index in [1.54, 1.807) is 0 Å². The van der Waals surface area contributed by atoms with E-state index >= 15 is 0 Å². The molecule has 1 aliphatic heterocycles. The molecule has 1 saturated heterocycles. The fourth-order valence-electron chi connectivity index (χ4n) is 1.93. The average molecular weight is 213 g/mol. The summed E-state index contributed by atoms with van der Waals surface area (Å²) in [6.07, 6.45) is 0.398. The van der Waals surface area contributed by atoms with Crippen molar-refractivity contribution < 1.29 is 13.5 Å². The average Bonchev–Trinajstić information content (AvgIpc) is 2.66. The molecule has 0 radical (unpaired) electrons. The van der Waals surface area contributed by atoms with Crippen molar-refractivity contribution in [2.24, 2.45) is 0 Å². The van der Waals surface area contributed by atoms with Crippen molar-refractivity contribution >= 4 is 0 Å². The van der Waals surface area contributed by atoms with Crippen LogP contribution in [0.5, 0.6) is 5.75 Å². The molecule has 1 fully saturated rings. The maximum Gasteiger partial charge on any atom is 0.153 e. The number of hydrogen-bond acceptors (Lipinski definition) is 2. The van der Waals surface area contributed by atoms with Gasteiger partial charge in [-0.25, -0.2) is 8.78 Å². The van der Waals surface area contributed by atoms with Crippen LogP contribution in [0.1, 0.15) is 12.0 Å². The second-order valence-electron chi connectivity index (χ2n) is 3.74. The number of hydrogen-bond donors (Lipinski definition) is 1. The Morgan fingerprint density at radius 3 is 2.87 bits per heavy atom. The standard InChI is InChI=1S/C11H13F2NO/c1-15-10-6-8(12)2-3-9(10)11(13)4-5-14-7-11/h2-3,6,14H,4-5,7H2,1H3. The molecule has 0 aromatic heterocycles. The summed E-state index contributed by atoms with van der Waals surface area (Å²) in [4.78, 5) is 0. The molecule has 1 N–H and O–H groups in total. The molecule has 0 aliphatic carbocycles. The van der Waals surface area contributed by atoms with Crippen molar-refractivity contribution in [3.8, 4) is 5.75 Å². The Morgan fingerprint density at radius 2 is 2.27 bits per heavy atom. The monoisotopic (exact) mass is 213 g/mol. The van der Waals surface area contributed by atoms with Crippen LogP contribution in [0.15, 0.2) is 18.2 Å². The first-order valence-corrected chi connectivity index (χ1v) is 4.89. The van der Waals surface area contributed by atoms with E-state index in [-0.39, 0.29) is 12.3 Å². The zero-order valence-corrected chi connectivity index (χ0v) is 8.52. The minimum absolute atomic E-state index is 0.259. The van der Waals surface area contributed by atoms with E-state index in [2.05, 4.69) is 5.32 Å². The van der Waals surface area contributed by atoms with Gasteiger partial charge in [-0.1, -0.05) is 0 Å². The molecule has 4 heteroatoms. The third-order valence-corrected chi connectivity index (χ3v) is 2.75. The minimum Gasteiger partial charge on any atom is -0.496 e. The Balaban J connectivity index is 2.42. The van der Waals surface area contributed by atoms with Crippen LogP contribution in [-0.4, -0.2) is 20.2 Å². The molecule has 1 aromatic rings. The summed E-state index contributed by atoms with van der Waals surface area (Å²) in [5, 5.41) is 2.95. The van der Waals surface area contributed by atoms with Crippen molar-refractivity contribution in [1.82, 2.24) is 5.32 Å². The second kappa shape index (κ2) is 3.77. The molecule has 0 spiro atoms.